The van der Waals surface area contributed by atoms with E-state index in [1.54, 1.807) is 0 Å². The third-order valence-electron chi connectivity index (χ3n) is 4.66. The quantitative estimate of drug-likeness (QED) is 0.673. The molecule has 0 N–H and O–H groups in total. The minimum Gasteiger partial charge on any atom is -0.338 e. The molecule has 0 aromatic heterocycles. The van der Waals surface area contributed by atoms with Crippen molar-refractivity contribution in [2.24, 2.45) is 11.3 Å². The van der Waals surface area contributed by atoms with Gasteiger partial charge in [0.2, 0.25) is 5.91 Å². The van der Waals surface area contributed by atoms with Gasteiger partial charge in [-0.2, -0.15) is 0 Å². The summed E-state index contributed by atoms with van der Waals surface area (Å²) >= 11 is 0. The Morgan fingerprint density at radius 2 is 2.06 bits per heavy atom. The molecule has 1 aliphatic heterocycles. The van der Waals surface area contributed by atoms with Crippen LogP contribution in [0.3, 0.4) is 0 Å². The predicted octanol–water partition coefficient (Wildman–Crippen LogP) is 3.21. The van der Waals surface area contributed by atoms with Gasteiger partial charge >= 0.3 is 0 Å². The first-order valence-corrected chi connectivity index (χ1v) is 6.90. The van der Waals surface area contributed by atoms with Crippen LogP contribution < -0.4 is 0 Å². The lowest BCUT2D eigenvalue weighted by Crippen LogP contribution is -2.64. The molecule has 0 aromatic carbocycles. The molecule has 1 spiro atoms. The Morgan fingerprint density at radius 1 is 1.44 bits per heavy atom. The molecule has 2 aliphatic rings. The van der Waals surface area contributed by atoms with Crippen molar-refractivity contribution >= 4 is 5.91 Å². The van der Waals surface area contributed by atoms with Gasteiger partial charge in [-0.15, -0.1) is 0 Å². The molecule has 1 saturated heterocycles. The number of rotatable bonds is 3. The van der Waals surface area contributed by atoms with E-state index in [0.717, 1.165) is 31.7 Å². The van der Waals surface area contributed by atoms with Crippen molar-refractivity contribution in [3.63, 3.8) is 0 Å². The van der Waals surface area contributed by atoms with Crippen LogP contribution in [0, 0.1) is 11.3 Å². The molecule has 92 valence electrons. The van der Waals surface area contributed by atoms with Crippen molar-refractivity contribution in [2.45, 2.75) is 65.3 Å². The van der Waals surface area contributed by atoms with Gasteiger partial charge in [-0.3, -0.25) is 4.79 Å². The van der Waals surface area contributed by atoms with E-state index in [2.05, 4.69) is 25.7 Å². The molecule has 1 amide bonds. The van der Waals surface area contributed by atoms with Gasteiger partial charge in [-0.25, -0.2) is 0 Å². The molecule has 1 aliphatic carbocycles. The lowest BCUT2D eigenvalue weighted by atomic mass is 9.65. The first kappa shape index (κ1) is 11.9. The fourth-order valence-electron chi connectivity index (χ4n) is 3.30. The molecule has 1 unspecified atom stereocenters. The molecular weight excluding hydrogens is 198 g/mol. The Labute approximate surface area is 99.4 Å². The maximum atomic E-state index is 12.3. The lowest BCUT2D eigenvalue weighted by Gasteiger charge is -2.54. The third-order valence-corrected chi connectivity index (χ3v) is 4.66. The Balaban J connectivity index is 1.91. The molecular formula is C14H25NO. The average Bonchev–Trinajstić information content (AvgIpc) is 2.27. The van der Waals surface area contributed by atoms with Crippen LogP contribution in [0.5, 0.6) is 0 Å². The zero-order chi connectivity index (χ0) is 11.8. The van der Waals surface area contributed by atoms with Gasteiger partial charge in [-0.05, 0) is 44.9 Å². The number of carbonyl (C=O) groups excluding carboxylic acids is 1. The van der Waals surface area contributed by atoms with Crippen LogP contribution in [-0.2, 0) is 4.79 Å². The summed E-state index contributed by atoms with van der Waals surface area (Å²) in [4.78, 5) is 14.4. The van der Waals surface area contributed by atoms with Gasteiger partial charge < -0.3 is 4.90 Å². The van der Waals surface area contributed by atoms with Crippen molar-refractivity contribution in [1.82, 2.24) is 4.90 Å². The van der Waals surface area contributed by atoms with Crippen LogP contribution in [0.25, 0.3) is 0 Å². The SMILES string of the molecule is CCCC(C)N1CC2(CCC(C)CC2)C1=O. The summed E-state index contributed by atoms with van der Waals surface area (Å²) in [5.41, 5.74) is 0.0779. The van der Waals surface area contributed by atoms with E-state index in [4.69, 9.17) is 0 Å². The van der Waals surface area contributed by atoms with Crippen molar-refractivity contribution < 1.29 is 4.79 Å². The summed E-state index contributed by atoms with van der Waals surface area (Å²) in [6.45, 7) is 7.74. The fourth-order valence-corrected chi connectivity index (χ4v) is 3.30. The molecule has 0 radical (unpaired) electrons. The minimum absolute atomic E-state index is 0.0779. The number of likely N-dealkylation sites (tertiary alicyclic amines) is 1. The topological polar surface area (TPSA) is 20.3 Å². The summed E-state index contributed by atoms with van der Waals surface area (Å²) < 4.78 is 0. The zero-order valence-corrected chi connectivity index (χ0v) is 11.0. The second-order valence-corrected chi connectivity index (χ2v) is 6.03. The van der Waals surface area contributed by atoms with E-state index < -0.39 is 0 Å². The van der Waals surface area contributed by atoms with Crippen LogP contribution in [0.15, 0.2) is 0 Å². The van der Waals surface area contributed by atoms with Crippen molar-refractivity contribution in [3.05, 3.63) is 0 Å². The van der Waals surface area contributed by atoms with Gasteiger partial charge in [-0.1, -0.05) is 20.3 Å². The number of carbonyl (C=O) groups is 1. The normalized spacial score (nSPS) is 36.3. The van der Waals surface area contributed by atoms with E-state index >= 15 is 0 Å². The van der Waals surface area contributed by atoms with E-state index in [1.165, 1.54) is 19.3 Å². The predicted molar refractivity (Wildman–Crippen MR) is 66.1 cm³/mol. The maximum Gasteiger partial charge on any atom is 0.230 e. The van der Waals surface area contributed by atoms with Crippen molar-refractivity contribution in [2.75, 3.05) is 6.54 Å². The van der Waals surface area contributed by atoms with Crippen LogP contribution in [-0.4, -0.2) is 23.4 Å². The van der Waals surface area contributed by atoms with Crippen LogP contribution in [0.1, 0.15) is 59.3 Å². The van der Waals surface area contributed by atoms with Gasteiger partial charge in [0.1, 0.15) is 0 Å². The second kappa shape index (κ2) is 4.38. The van der Waals surface area contributed by atoms with Crippen LogP contribution in [0.2, 0.25) is 0 Å². The molecule has 1 heterocycles. The number of β-lactam (4-membered cyclic amide) rings is 1. The van der Waals surface area contributed by atoms with Gasteiger partial charge in [0.25, 0.3) is 0 Å². The molecule has 1 saturated carbocycles. The third kappa shape index (κ3) is 1.87. The monoisotopic (exact) mass is 223 g/mol. The highest BCUT2D eigenvalue weighted by atomic mass is 16.2. The smallest absolute Gasteiger partial charge is 0.230 e. The highest BCUT2D eigenvalue weighted by molar-refractivity contribution is 5.89. The van der Waals surface area contributed by atoms with Crippen molar-refractivity contribution in [1.29, 1.82) is 0 Å². The first-order valence-electron chi connectivity index (χ1n) is 6.90. The van der Waals surface area contributed by atoms with E-state index in [0.29, 0.717) is 11.9 Å². The molecule has 2 fully saturated rings. The summed E-state index contributed by atoms with van der Waals surface area (Å²) in [5.74, 6) is 1.29. The summed E-state index contributed by atoms with van der Waals surface area (Å²) in [7, 11) is 0. The Kier molecular flexibility index (Phi) is 3.27. The highest BCUT2D eigenvalue weighted by Gasteiger charge is 2.53. The van der Waals surface area contributed by atoms with E-state index in [9.17, 15) is 4.79 Å². The van der Waals surface area contributed by atoms with Crippen molar-refractivity contribution in [3.8, 4) is 0 Å². The summed E-state index contributed by atoms with van der Waals surface area (Å²) in [6, 6.07) is 0.461. The first-order chi connectivity index (χ1) is 7.59. The Hall–Kier alpha value is -0.530. The summed E-state index contributed by atoms with van der Waals surface area (Å²) in [6.07, 6.45) is 7.11. The molecule has 1 atom stereocenters. The number of hydrogen-bond acceptors (Lipinski definition) is 1. The molecule has 2 heteroatoms. The largest absolute Gasteiger partial charge is 0.338 e. The average molecular weight is 223 g/mol. The molecule has 0 bridgehead atoms. The lowest BCUT2D eigenvalue weighted by molar-refractivity contribution is -0.168. The molecule has 2 rings (SSSR count). The van der Waals surface area contributed by atoms with Gasteiger partial charge in [0.15, 0.2) is 0 Å². The van der Waals surface area contributed by atoms with Crippen LogP contribution >= 0.6 is 0 Å². The molecule has 2 nitrogen and oxygen atoms in total. The van der Waals surface area contributed by atoms with Gasteiger partial charge in [0.05, 0.1) is 5.41 Å². The zero-order valence-electron chi connectivity index (χ0n) is 11.0. The maximum absolute atomic E-state index is 12.3. The van der Waals surface area contributed by atoms with E-state index in [-0.39, 0.29) is 5.41 Å². The second-order valence-electron chi connectivity index (χ2n) is 6.03. The van der Waals surface area contributed by atoms with E-state index in [1.807, 2.05) is 0 Å². The summed E-state index contributed by atoms with van der Waals surface area (Å²) in [5, 5.41) is 0. The standard InChI is InChI=1S/C14H25NO/c1-4-5-12(3)15-10-14(13(15)16)8-6-11(2)7-9-14/h11-12H,4-10H2,1-3H3. The van der Waals surface area contributed by atoms with Gasteiger partial charge in [0, 0.05) is 12.6 Å². The molecule has 0 aromatic rings. The Morgan fingerprint density at radius 3 is 2.56 bits per heavy atom. The Bertz CT molecular complexity index is 266. The highest BCUT2D eigenvalue weighted by Crippen LogP contribution is 2.47. The number of hydrogen-bond donors (Lipinski definition) is 0. The minimum atomic E-state index is 0.0779. The number of nitrogens with zero attached hydrogens (tertiary/aromatic N) is 1. The molecule has 16 heavy (non-hydrogen) atoms. The fraction of sp³-hybridized carbons (Fsp3) is 0.929. The van der Waals surface area contributed by atoms with Crippen LogP contribution in [0.4, 0.5) is 0 Å². The number of amides is 1.